The van der Waals surface area contributed by atoms with Crippen molar-refractivity contribution in [1.82, 2.24) is 10.3 Å². The Labute approximate surface area is 125 Å². The molecule has 0 aliphatic carbocycles. The van der Waals surface area contributed by atoms with Crippen LogP contribution in [-0.2, 0) is 11.2 Å². The average Bonchev–Trinajstić information content (AvgIpc) is 2.81. The maximum Gasteiger partial charge on any atom is 0.401 e. The van der Waals surface area contributed by atoms with Gasteiger partial charge in [-0.15, -0.1) is 6.42 Å². The normalized spacial score (nSPS) is 13.0. The van der Waals surface area contributed by atoms with Gasteiger partial charge in [0.15, 0.2) is 0 Å². The van der Waals surface area contributed by atoms with Gasteiger partial charge in [-0.3, -0.25) is 10.1 Å². The van der Waals surface area contributed by atoms with Crippen molar-refractivity contribution in [2.45, 2.75) is 18.6 Å². The van der Waals surface area contributed by atoms with Crippen molar-refractivity contribution in [2.75, 3.05) is 6.54 Å². The molecule has 7 heteroatoms. The van der Waals surface area contributed by atoms with E-state index in [1.807, 2.05) is 5.32 Å². The smallest absolute Gasteiger partial charge is 0.401 e. The molecule has 0 amide bonds. The first-order valence-corrected chi connectivity index (χ1v) is 6.26. The van der Waals surface area contributed by atoms with Crippen molar-refractivity contribution in [3.05, 3.63) is 35.7 Å². The summed E-state index contributed by atoms with van der Waals surface area (Å²) in [5.41, 5.74) is 1.75. The number of carboxylic acids is 1. The molecular weight excluding hydrogens is 297 g/mol. The summed E-state index contributed by atoms with van der Waals surface area (Å²) in [7, 11) is 0. The first-order chi connectivity index (χ1) is 10.3. The number of H-pyrrole nitrogens is 1. The number of allylic oxidation sites excluding steroid dienone is 1. The Balaban J connectivity index is 2.97. The fourth-order valence-corrected chi connectivity index (χ4v) is 1.87. The number of nitrogens with one attached hydrogen (secondary N) is 2. The van der Waals surface area contributed by atoms with Gasteiger partial charge in [-0.25, -0.2) is 0 Å². The lowest BCUT2D eigenvalue weighted by molar-refractivity contribution is -0.143. The molecule has 0 saturated carbocycles. The Morgan fingerprint density at radius 1 is 1.59 bits per heavy atom. The van der Waals surface area contributed by atoms with E-state index in [0.29, 0.717) is 16.8 Å². The second-order valence-corrected chi connectivity index (χ2v) is 4.44. The number of terminal acetylenes is 1. The average molecular weight is 312 g/mol. The van der Waals surface area contributed by atoms with Crippen LogP contribution in [0.2, 0.25) is 0 Å². The molecule has 0 aliphatic rings. The molecule has 0 aromatic carbocycles. The van der Waals surface area contributed by atoms with Gasteiger partial charge < -0.3 is 10.1 Å². The van der Waals surface area contributed by atoms with Crippen molar-refractivity contribution in [1.29, 1.82) is 0 Å². The molecule has 1 aromatic heterocycles. The van der Waals surface area contributed by atoms with Gasteiger partial charge in [0.2, 0.25) is 0 Å². The Hall–Kier alpha value is -2.46. The number of hydrogen-bond donors (Lipinski definition) is 3. The molecule has 0 bridgehead atoms. The van der Waals surface area contributed by atoms with E-state index in [0.717, 1.165) is 0 Å². The van der Waals surface area contributed by atoms with E-state index >= 15 is 0 Å². The number of aliphatic carboxylic acids is 1. The minimum absolute atomic E-state index is 0.125. The zero-order valence-corrected chi connectivity index (χ0v) is 11.6. The fourth-order valence-electron chi connectivity index (χ4n) is 1.87. The second-order valence-electron chi connectivity index (χ2n) is 4.44. The van der Waals surface area contributed by atoms with Gasteiger partial charge in [0, 0.05) is 23.9 Å². The zero-order chi connectivity index (χ0) is 16.8. The molecule has 3 N–H and O–H groups in total. The molecule has 118 valence electrons. The van der Waals surface area contributed by atoms with Crippen molar-refractivity contribution < 1.29 is 23.1 Å². The molecule has 0 unspecified atom stereocenters. The third-order valence-corrected chi connectivity index (χ3v) is 2.86. The van der Waals surface area contributed by atoms with E-state index < -0.39 is 24.7 Å². The third kappa shape index (κ3) is 5.14. The maximum atomic E-state index is 12.2. The van der Waals surface area contributed by atoms with Gasteiger partial charge in [0.25, 0.3) is 0 Å². The Morgan fingerprint density at radius 3 is 2.77 bits per heavy atom. The van der Waals surface area contributed by atoms with Crippen LogP contribution >= 0.6 is 0 Å². The van der Waals surface area contributed by atoms with E-state index in [2.05, 4.69) is 17.5 Å². The molecule has 1 atom stereocenters. The quantitative estimate of drug-likeness (QED) is 0.678. The lowest BCUT2D eigenvalue weighted by atomic mass is 10.0. The molecule has 1 aromatic rings. The van der Waals surface area contributed by atoms with Crippen molar-refractivity contribution in [3.8, 4) is 12.3 Å². The van der Waals surface area contributed by atoms with Crippen molar-refractivity contribution in [3.63, 3.8) is 0 Å². The number of aromatic nitrogens is 1. The van der Waals surface area contributed by atoms with Crippen LogP contribution in [0.4, 0.5) is 13.2 Å². The van der Waals surface area contributed by atoms with Gasteiger partial charge in [-0.05, 0) is 23.8 Å². The summed E-state index contributed by atoms with van der Waals surface area (Å²) in [5, 5.41) is 11.0. The molecule has 1 rings (SSSR count). The van der Waals surface area contributed by atoms with Crippen LogP contribution in [0, 0.1) is 12.3 Å². The van der Waals surface area contributed by atoms with Gasteiger partial charge in [0.1, 0.15) is 6.04 Å². The minimum Gasteiger partial charge on any atom is -0.480 e. The minimum atomic E-state index is -4.48. The molecule has 0 radical (unpaired) electrons. The highest BCUT2D eigenvalue weighted by Crippen LogP contribution is 2.20. The van der Waals surface area contributed by atoms with Gasteiger partial charge in [-0.1, -0.05) is 12.5 Å². The number of aromatic amines is 1. The molecule has 0 aliphatic heterocycles. The summed E-state index contributed by atoms with van der Waals surface area (Å²) in [5.74, 6) is 0.933. The number of carboxylic acid groups (broad SMARTS) is 1. The van der Waals surface area contributed by atoms with E-state index in [4.69, 9.17) is 11.5 Å². The summed E-state index contributed by atoms with van der Waals surface area (Å²) in [6.07, 6.45) is 6.55. The Bertz CT molecular complexity index is 609. The predicted molar refractivity (Wildman–Crippen MR) is 77.9 cm³/mol. The van der Waals surface area contributed by atoms with Crippen molar-refractivity contribution >= 4 is 18.1 Å². The standard InChI is InChI=1S/C15H15F3N2O2/c1-3-5-6-11-10(8-19-12(11)4-2)7-13(14(21)22)20-9-15(16,17)18/h1,4-6,8,13,19-20H,2,7,9H2,(H,21,22)/b6-5-/t13-/m0/s1. The fraction of sp³-hybridized carbons (Fsp3) is 0.267. The van der Waals surface area contributed by atoms with Gasteiger partial charge >= 0.3 is 12.1 Å². The monoisotopic (exact) mass is 312 g/mol. The summed E-state index contributed by atoms with van der Waals surface area (Å²) >= 11 is 0. The van der Waals surface area contributed by atoms with Crippen molar-refractivity contribution in [2.24, 2.45) is 0 Å². The summed E-state index contributed by atoms with van der Waals surface area (Å²) in [4.78, 5) is 14.0. The van der Waals surface area contributed by atoms with E-state index in [9.17, 15) is 18.0 Å². The molecule has 0 fully saturated rings. The van der Waals surface area contributed by atoms with Crippen LogP contribution in [0.25, 0.3) is 12.2 Å². The number of carbonyl (C=O) groups is 1. The lowest BCUT2D eigenvalue weighted by Gasteiger charge is -2.16. The summed E-state index contributed by atoms with van der Waals surface area (Å²) < 4.78 is 36.6. The Kier molecular flexibility index (Phi) is 6.01. The van der Waals surface area contributed by atoms with Crippen LogP contribution in [0.15, 0.2) is 18.9 Å². The SMILES string of the molecule is C#C/C=C\c1c(C[C@H](NCC(F)(F)F)C(=O)O)c[nH]c1C=C. The van der Waals surface area contributed by atoms with Crippen LogP contribution in [0.3, 0.4) is 0 Å². The largest absolute Gasteiger partial charge is 0.480 e. The topological polar surface area (TPSA) is 65.1 Å². The predicted octanol–water partition coefficient (Wildman–Crippen LogP) is 2.45. The van der Waals surface area contributed by atoms with Gasteiger partial charge in [-0.2, -0.15) is 13.2 Å². The zero-order valence-electron chi connectivity index (χ0n) is 11.6. The van der Waals surface area contributed by atoms with Crippen LogP contribution in [0.5, 0.6) is 0 Å². The first-order valence-electron chi connectivity index (χ1n) is 6.26. The molecule has 22 heavy (non-hydrogen) atoms. The van der Waals surface area contributed by atoms with Crippen LogP contribution < -0.4 is 5.32 Å². The second kappa shape index (κ2) is 7.52. The molecule has 0 spiro atoms. The molecule has 0 saturated heterocycles. The summed E-state index contributed by atoms with van der Waals surface area (Å²) in [6, 6.07) is -1.37. The van der Waals surface area contributed by atoms with E-state index in [-0.39, 0.29) is 6.42 Å². The van der Waals surface area contributed by atoms with Crippen LogP contribution in [0.1, 0.15) is 16.8 Å². The Morgan fingerprint density at radius 2 is 2.27 bits per heavy atom. The molecular formula is C15H15F3N2O2. The third-order valence-electron chi connectivity index (χ3n) is 2.86. The van der Waals surface area contributed by atoms with Crippen LogP contribution in [-0.4, -0.2) is 34.8 Å². The highest BCUT2D eigenvalue weighted by molar-refractivity contribution is 5.75. The number of rotatable bonds is 7. The van der Waals surface area contributed by atoms with E-state index in [1.54, 1.807) is 6.08 Å². The lowest BCUT2D eigenvalue weighted by Crippen LogP contribution is -2.43. The molecule has 1 heterocycles. The number of alkyl halides is 3. The number of halogens is 3. The number of hydrogen-bond acceptors (Lipinski definition) is 2. The highest BCUT2D eigenvalue weighted by atomic mass is 19.4. The molecule has 4 nitrogen and oxygen atoms in total. The van der Waals surface area contributed by atoms with Gasteiger partial charge in [0.05, 0.1) is 6.54 Å². The van der Waals surface area contributed by atoms with E-state index in [1.165, 1.54) is 18.3 Å². The summed E-state index contributed by atoms with van der Waals surface area (Å²) in [6.45, 7) is 2.22. The first kappa shape index (κ1) is 17.6. The highest BCUT2D eigenvalue weighted by Gasteiger charge is 2.30. The maximum absolute atomic E-state index is 12.2.